The molecule has 140 valence electrons. The van der Waals surface area contributed by atoms with Crippen molar-refractivity contribution in [3.63, 3.8) is 0 Å². The highest BCUT2D eigenvalue weighted by atomic mass is 35.5. The van der Waals surface area contributed by atoms with Gasteiger partial charge in [0, 0.05) is 17.8 Å². The summed E-state index contributed by atoms with van der Waals surface area (Å²) < 4.78 is 15.8. The van der Waals surface area contributed by atoms with E-state index >= 15 is 0 Å². The Morgan fingerprint density at radius 3 is 2.57 bits per heavy atom. The number of aryl methyl sites for hydroxylation is 1. The fraction of sp³-hybridized carbons (Fsp3) is 0.0952. The molecule has 0 atom stereocenters. The van der Waals surface area contributed by atoms with Crippen molar-refractivity contribution in [2.75, 3.05) is 0 Å². The lowest BCUT2D eigenvalue weighted by Crippen LogP contribution is -2.07. The third kappa shape index (κ3) is 3.23. The molecule has 4 aromatic rings. The summed E-state index contributed by atoms with van der Waals surface area (Å²) >= 11 is 5.75. The average molecular weight is 396 g/mol. The van der Waals surface area contributed by atoms with Crippen molar-refractivity contribution in [1.82, 2.24) is 14.5 Å². The fourth-order valence-electron chi connectivity index (χ4n) is 3.14. The number of aromatic carboxylic acids is 1. The van der Waals surface area contributed by atoms with Crippen LogP contribution in [0.15, 0.2) is 54.6 Å². The van der Waals surface area contributed by atoms with E-state index in [2.05, 4.69) is 9.97 Å². The highest BCUT2D eigenvalue weighted by molar-refractivity contribution is 6.30. The van der Waals surface area contributed by atoms with Gasteiger partial charge in [0.2, 0.25) is 0 Å². The Kier molecular flexibility index (Phi) is 4.57. The van der Waals surface area contributed by atoms with Gasteiger partial charge in [-0.3, -0.25) is 0 Å². The maximum Gasteiger partial charge on any atom is 0.355 e. The third-order valence-electron chi connectivity index (χ3n) is 4.52. The van der Waals surface area contributed by atoms with Crippen LogP contribution in [0.4, 0.5) is 4.39 Å². The van der Waals surface area contributed by atoms with E-state index in [0.29, 0.717) is 23.1 Å². The molecule has 0 aliphatic heterocycles. The van der Waals surface area contributed by atoms with E-state index in [1.54, 1.807) is 12.1 Å². The van der Waals surface area contributed by atoms with Gasteiger partial charge >= 0.3 is 5.97 Å². The lowest BCUT2D eigenvalue weighted by atomic mass is 10.2. The van der Waals surface area contributed by atoms with Gasteiger partial charge in [0.25, 0.3) is 0 Å². The number of aromatic nitrogens is 3. The van der Waals surface area contributed by atoms with E-state index in [1.807, 2.05) is 41.8 Å². The maximum absolute atomic E-state index is 13.9. The lowest BCUT2D eigenvalue weighted by molar-refractivity contribution is 0.0693. The van der Waals surface area contributed by atoms with Crippen molar-refractivity contribution in [3.05, 3.63) is 82.4 Å². The summed E-state index contributed by atoms with van der Waals surface area (Å²) in [6.45, 7) is 2.42. The number of carbonyl (C=O) groups is 1. The van der Waals surface area contributed by atoms with Crippen LogP contribution in [0.3, 0.4) is 0 Å². The van der Waals surface area contributed by atoms with Gasteiger partial charge in [-0.2, -0.15) is 0 Å². The van der Waals surface area contributed by atoms with Crippen LogP contribution in [0.1, 0.15) is 21.7 Å². The van der Waals surface area contributed by atoms with Crippen LogP contribution in [-0.4, -0.2) is 25.6 Å². The molecular weight excluding hydrogens is 381 g/mol. The molecule has 0 fully saturated rings. The predicted octanol–water partition coefficient (Wildman–Crippen LogP) is 4.95. The zero-order chi connectivity index (χ0) is 19.8. The Labute approximate surface area is 165 Å². The van der Waals surface area contributed by atoms with E-state index in [9.17, 15) is 14.3 Å². The highest BCUT2D eigenvalue weighted by Gasteiger charge is 2.20. The number of carboxylic acid groups (broad SMARTS) is 1. The van der Waals surface area contributed by atoms with E-state index in [4.69, 9.17) is 11.6 Å². The molecule has 0 saturated carbocycles. The summed E-state index contributed by atoms with van der Waals surface area (Å²) in [5.41, 5.74) is 2.63. The fourth-order valence-corrected chi connectivity index (χ4v) is 3.26. The molecule has 0 saturated heterocycles. The Morgan fingerprint density at radius 2 is 1.89 bits per heavy atom. The molecule has 0 amide bonds. The van der Waals surface area contributed by atoms with Gasteiger partial charge in [-0.15, -0.1) is 0 Å². The molecule has 28 heavy (non-hydrogen) atoms. The molecule has 0 aliphatic carbocycles. The van der Waals surface area contributed by atoms with Crippen molar-refractivity contribution in [1.29, 1.82) is 0 Å². The largest absolute Gasteiger partial charge is 0.476 e. The van der Waals surface area contributed by atoms with Crippen LogP contribution >= 0.6 is 11.6 Å². The van der Waals surface area contributed by atoms with E-state index in [1.165, 1.54) is 12.1 Å². The Hall–Kier alpha value is -3.25. The molecule has 0 bridgehead atoms. The second-order valence-corrected chi connectivity index (χ2v) is 6.83. The number of nitrogens with zero attached hydrogens (tertiary/aromatic N) is 3. The minimum absolute atomic E-state index is 0.0217. The van der Waals surface area contributed by atoms with Crippen LogP contribution in [0.25, 0.3) is 22.4 Å². The first-order valence-electron chi connectivity index (χ1n) is 8.54. The zero-order valence-electron chi connectivity index (χ0n) is 14.9. The summed E-state index contributed by atoms with van der Waals surface area (Å²) in [6, 6.07) is 15.7. The van der Waals surface area contributed by atoms with Crippen molar-refractivity contribution in [2.45, 2.75) is 13.5 Å². The van der Waals surface area contributed by atoms with E-state index in [0.717, 1.165) is 11.3 Å². The molecule has 0 radical (unpaired) electrons. The normalized spacial score (nSPS) is 11.1. The monoisotopic (exact) mass is 395 g/mol. The third-order valence-corrected chi connectivity index (χ3v) is 4.83. The summed E-state index contributed by atoms with van der Waals surface area (Å²) in [4.78, 5) is 20.5. The Bertz CT molecular complexity index is 1210. The molecule has 0 spiro atoms. The molecule has 1 N–H and O–H groups in total. The number of halogens is 2. The average Bonchev–Trinajstić information content (AvgIpc) is 2.99. The second-order valence-electron chi connectivity index (χ2n) is 6.42. The predicted molar refractivity (Wildman–Crippen MR) is 105 cm³/mol. The molecule has 0 aliphatic rings. The second kappa shape index (κ2) is 7.05. The zero-order valence-corrected chi connectivity index (χ0v) is 15.6. The first kappa shape index (κ1) is 18.1. The van der Waals surface area contributed by atoms with Gasteiger partial charge < -0.3 is 9.67 Å². The number of carboxylic acids is 1. The minimum atomic E-state index is -1.17. The minimum Gasteiger partial charge on any atom is -0.476 e. The molecule has 2 aromatic carbocycles. The van der Waals surface area contributed by atoms with Gasteiger partial charge in [-0.1, -0.05) is 41.9 Å². The molecule has 0 unspecified atom stereocenters. The summed E-state index contributed by atoms with van der Waals surface area (Å²) in [6.07, 6.45) is 0. The van der Waals surface area contributed by atoms with Crippen LogP contribution in [0.2, 0.25) is 5.02 Å². The Balaban J connectivity index is 1.94. The van der Waals surface area contributed by atoms with Gasteiger partial charge in [0.15, 0.2) is 11.5 Å². The number of fused-ring (bicyclic) bond motifs is 1. The topological polar surface area (TPSA) is 68.0 Å². The van der Waals surface area contributed by atoms with Crippen LogP contribution < -0.4 is 0 Å². The van der Waals surface area contributed by atoms with Gasteiger partial charge in [0.1, 0.15) is 11.5 Å². The van der Waals surface area contributed by atoms with Crippen molar-refractivity contribution < 1.29 is 14.3 Å². The van der Waals surface area contributed by atoms with Gasteiger partial charge in [-0.05, 0) is 36.8 Å². The molecular formula is C21H15ClFN3O2. The number of hydrogen-bond acceptors (Lipinski definition) is 3. The standard InChI is InChI=1S/C21H15ClFN3O2/c1-12-9-15-18(21(27)28)24-19(14-7-8-16(22)17(23)10-14)25-20(15)26(12)11-13-5-3-2-4-6-13/h2-10H,11H2,1H3,(H,27,28). The van der Waals surface area contributed by atoms with E-state index in [-0.39, 0.29) is 16.5 Å². The molecule has 7 heteroatoms. The maximum atomic E-state index is 13.9. The molecule has 4 rings (SSSR count). The van der Waals surface area contributed by atoms with Crippen molar-refractivity contribution in [3.8, 4) is 11.4 Å². The smallest absolute Gasteiger partial charge is 0.355 e. The molecule has 5 nitrogen and oxygen atoms in total. The van der Waals surface area contributed by atoms with Gasteiger partial charge in [0.05, 0.1) is 10.4 Å². The summed E-state index contributed by atoms with van der Waals surface area (Å²) in [5.74, 6) is -1.65. The van der Waals surface area contributed by atoms with Crippen LogP contribution in [0.5, 0.6) is 0 Å². The van der Waals surface area contributed by atoms with Gasteiger partial charge in [-0.25, -0.2) is 19.2 Å². The van der Waals surface area contributed by atoms with Crippen molar-refractivity contribution in [2.24, 2.45) is 0 Å². The molecule has 2 heterocycles. The van der Waals surface area contributed by atoms with Crippen LogP contribution in [0, 0.1) is 12.7 Å². The summed E-state index contributed by atoms with van der Waals surface area (Å²) in [7, 11) is 0. The quantitative estimate of drug-likeness (QED) is 0.531. The van der Waals surface area contributed by atoms with E-state index < -0.39 is 11.8 Å². The number of benzene rings is 2. The SMILES string of the molecule is Cc1cc2c(C(=O)O)nc(-c3ccc(Cl)c(F)c3)nc2n1Cc1ccccc1. The number of rotatable bonds is 4. The van der Waals surface area contributed by atoms with Crippen LogP contribution in [-0.2, 0) is 6.54 Å². The summed E-state index contributed by atoms with van der Waals surface area (Å²) in [5, 5.41) is 10.1. The first-order valence-corrected chi connectivity index (χ1v) is 8.92. The number of hydrogen-bond donors (Lipinski definition) is 1. The van der Waals surface area contributed by atoms with Crippen molar-refractivity contribution >= 4 is 28.6 Å². The highest BCUT2D eigenvalue weighted by Crippen LogP contribution is 2.27. The molecule has 2 aromatic heterocycles. The lowest BCUT2D eigenvalue weighted by Gasteiger charge is -2.10. The first-order chi connectivity index (χ1) is 13.4. The Morgan fingerprint density at radius 1 is 1.14 bits per heavy atom.